The molecule has 7 nitrogen and oxygen atoms in total. The monoisotopic (exact) mass is 419 g/mol. The molecule has 1 aromatic heterocycles. The summed E-state index contributed by atoms with van der Waals surface area (Å²) >= 11 is 0. The van der Waals surface area contributed by atoms with Crippen molar-refractivity contribution in [2.24, 2.45) is 5.92 Å². The van der Waals surface area contributed by atoms with Gasteiger partial charge >= 0.3 is 6.03 Å². The first-order valence-corrected chi connectivity index (χ1v) is 9.65. The van der Waals surface area contributed by atoms with Crippen molar-refractivity contribution >= 4 is 11.7 Å². The molecule has 0 unspecified atom stereocenters. The Kier molecular flexibility index (Phi) is 5.15. The number of nitrogens with one attached hydrogen (secondary N) is 1. The van der Waals surface area contributed by atoms with Crippen molar-refractivity contribution < 1.29 is 23.1 Å². The fourth-order valence-corrected chi connectivity index (χ4v) is 4.08. The number of benzene rings is 1. The smallest absolute Gasteiger partial charge is 0.322 e. The van der Waals surface area contributed by atoms with Crippen LogP contribution in [0, 0.1) is 23.1 Å². The zero-order chi connectivity index (χ0) is 21.5. The van der Waals surface area contributed by atoms with Gasteiger partial charge in [-0.1, -0.05) is 0 Å². The number of hydrogen-bond donors (Lipinski definition) is 2. The molecule has 4 rings (SSSR count). The number of aromatic nitrogens is 2. The molecule has 158 valence electrons. The molecule has 2 aromatic rings. The summed E-state index contributed by atoms with van der Waals surface area (Å²) < 4.78 is 44.7. The highest BCUT2D eigenvalue weighted by atomic mass is 19.3. The molecular formula is C20H20F3N5O2. The van der Waals surface area contributed by atoms with Gasteiger partial charge in [-0.15, -0.1) is 0 Å². The largest absolute Gasteiger partial charge is 0.396 e. The molecule has 1 atom stereocenters. The van der Waals surface area contributed by atoms with Crippen molar-refractivity contribution in [3.8, 4) is 6.07 Å². The molecule has 0 saturated carbocycles. The van der Waals surface area contributed by atoms with Gasteiger partial charge < -0.3 is 15.3 Å². The molecule has 10 heteroatoms. The van der Waals surface area contributed by atoms with Gasteiger partial charge in [0.05, 0.1) is 17.8 Å². The molecule has 0 radical (unpaired) electrons. The summed E-state index contributed by atoms with van der Waals surface area (Å²) in [6.45, 7) is 0.260. The zero-order valence-electron chi connectivity index (χ0n) is 16.0. The first-order valence-electron chi connectivity index (χ1n) is 9.65. The molecule has 0 bridgehead atoms. The van der Waals surface area contributed by atoms with Gasteiger partial charge in [0.15, 0.2) is 0 Å². The van der Waals surface area contributed by atoms with E-state index in [2.05, 4.69) is 10.4 Å². The van der Waals surface area contributed by atoms with Crippen LogP contribution in [0.25, 0.3) is 0 Å². The quantitative estimate of drug-likeness (QED) is 0.783. The Morgan fingerprint density at radius 3 is 2.93 bits per heavy atom. The maximum Gasteiger partial charge on any atom is 0.322 e. The highest BCUT2D eigenvalue weighted by Crippen LogP contribution is 2.42. The van der Waals surface area contributed by atoms with E-state index in [1.54, 1.807) is 6.07 Å². The van der Waals surface area contributed by atoms with Crippen LogP contribution in [0.5, 0.6) is 0 Å². The molecule has 0 fully saturated rings. The van der Waals surface area contributed by atoms with Crippen LogP contribution in [-0.2, 0) is 25.4 Å². The van der Waals surface area contributed by atoms with E-state index in [1.807, 2.05) is 0 Å². The van der Waals surface area contributed by atoms with Gasteiger partial charge in [-0.2, -0.15) is 19.1 Å². The van der Waals surface area contributed by atoms with Gasteiger partial charge in [0.25, 0.3) is 5.92 Å². The number of aliphatic hydroxyl groups is 1. The average Bonchev–Trinajstić information content (AvgIpc) is 3.04. The molecule has 2 N–H and O–H groups in total. The van der Waals surface area contributed by atoms with Crippen LogP contribution in [0.2, 0.25) is 0 Å². The summed E-state index contributed by atoms with van der Waals surface area (Å²) in [4.78, 5) is 14.1. The van der Waals surface area contributed by atoms with Crippen LogP contribution < -0.4 is 5.32 Å². The van der Waals surface area contributed by atoms with Gasteiger partial charge in [-0.05, 0) is 30.5 Å². The van der Waals surface area contributed by atoms with Gasteiger partial charge in [0, 0.05) is 43.8 Å². The van der Waals surface area contributed by atoms with Crippen LogP contribution in [-0.4, -0.2) is 39.0 Å². The second-order valence-corrected chi connectivity index (χ2v) is 7.65. The fraction of sp³-hybridized carbons (Fsp3) is 0.450. The Balaban J connectivity index is 1.56. The Labute approximate surface area is 170 Å². The number of hydrogen-bond acceptors (Lipinski definition) is 4. The number of aliphatic hydroxyl groups excluding tert-OH is 1. The summed E-state index contributed by atoms with van der Waals surface area (Å²) in [6.07, 6.45) is 0.297. The van der Waals surface area contributed by atoms with Crippen molar-refractivity contribution in [2.45, 2.75) is 38.3 Å². The van der Waals surface area contributed by atoms with Crippen LogP contribution in [0.3, 0.4) is 0 Å². The molecule has 2 amide bonds. The maximum atomic E-state index is 15.0. The van der Waals surface area contributed by atoms with Crippen molar-refractivity contribution in [1.82, 2.24) is 14.7 Å². The number of carbonyl (C=O) groups is 1. The Hall–Kier alpha value is -3.06. The molecule has 0 saturated heterocycles. The number of amides is 2. The highest BCUT2D eigenvalue weighted by Gasteiger charge is 2.44. The van der Waals surface area contributed by atoms with E-state index in [0.29, 0.717) is 37.2 Å². The first kappa shape index (κ1) is 20.2. The van der Waals surface area contributed by atoms with E-state index in [-0.39, 0.29) is 30.1 Å². The summed E-state index contributed by atoms with van der Waals surface area (Å²) in [5, 5.41) is 25.2. The van der Waals surface area contributed by atoms with Crippen molar-refractivity contribution in [2.75, 3.05) is 18.5 Å². The normalized spacial score (nSPS) is 20.0. The Bertz CT molecular complexity index is 1030. The van der Waals surface area contributed by atoms with Gasteiger partial charge in [0.2, 0.25) is 0 Å². The minimum atomic E-state index is -3.15. The van der Waals surface area contributed by atoms with Crippen molar-refractivity contribution in [1.29, 1.82) is 5.26 Å². The lowest BCUT2D eigenvalue weighted by atomic mass is 9.95. The van der Waals surface area contributed by atoms with Gasteiger partial charge in [0.1, 0.15) is 17.6 Å². The fourth-order valence-electron chi connectivity index (χ4n) is 4.08. The number of anilines is 1. The average molecular weight is 419 g/mol. The zero-order valence-corrected chi connectivity index (χ0v) is 16.0. The molecule has 0 aliphatic carbocycles. The lowest BCUT2D eigenvalue weighted by molar-refractivity contribution is -0.0385. The summed E-state index contributed by atoms with van der Waals surface area (Å²) in [5.74, 6) is -4.35. The molecule has 1 aromatic carbocycles. The predicted octanol–water partition coefficient (Wildman–Crippen LogP) is 2.98. The van der Waals surface area contributed by atoms with Crippen LogP contribution >= 0.6 is 0 Å². The van der Waals surface area contributed by atoms with E-state index in [0.717, 1.165) is 6.07 Å². The number of fused-ring (bicyclic) bond motifs is 3. The first-order chi connectivity index (χ1) is 14.3. The maximum absolute atomic E-state index is 15.0. The number of nitriles is 1. The van der Waals surface area contributed by atoms with E-state index >= 15 is 0 Å². The third-order valence-electron chi connectivity index (χ3n) is 5.63. The second-order valence-electron chi connectivity index (χ2n) is 7.65. The number of urea groups is 1. The highest BCUT2D eigenvalue weighted by molar-refractivity contribution is 5.89. The summed E-state index contributed by atoms with van der Waals surface area (Å²) in [6, 6.07) is 4.81. The van der Waals surface area contributed by atoms with E-state index in [4.69, 9.17) is 5.26 Å². The van der Waals surface area contributed by atoms with Crippen LogP contribution in [0.15, 0.2) is 18.2 Å². The topological polar surface area (TPSA) is 94.2 Å². The molecule has 3 heterocycles. The van der Waals surface area contributed by atoms with E-state index < -0.39 is 30.1 Å². The van der Waals surface area contributed by atoms with Crippen molar-refractivity contribution in [3.05, 3.63) is 46.5 Å². The van der Waals surface area contributed by atoms with E-state index in [1.165, 1.54) is 21.7 Å². The van der Waals surface area contributed by atoms with Gasteiger partial charge in [-0.3, -0.25) is 4.68 Å². The number of aryl methyl sites for hydroxylation is 1. The SMILES string of the molecule is N#Cc1cc(NC(=O)N2CCc3nn4c(c3C2)C(F)(F)C[C@@H](CO)CC4)ccc1F. The minimum Gasteiger partial charge on any atom is -0.396 e. The lowest BCUT2D eigenvalue weighted by Crippen LogP contribution is -2.39. The second kappa shape index (κ2) is 7.65. The molecular weight excluding hydrogens is 399 g/mol. The molecule has 30 heavy (non-hydrogen) atoms. The molecule has 2 aliphatic heterocycles. The number of nitrogens with zero attached hydrogens (tertiary/aromatic N) is 4. The minimum absolute atomic E-state index is 0.0256. The summed E-state index contributed by atoms with van der Waals surface area (Å²) in [7, 11) is 0. The molecule has 0 spiro atoms. The van der Waals surface area contributed by atoms with E-state index in [9.17, 15) is 23.1 Å². The third kappa shape index (κ3) is 3.61. The third-order valence-corrected chi connectivity index (χ3v) is 5.63. The predicted molar refractivity (Wildman–Crippen MR) is 100 cm³/mol. The number of alkyl halides is 2. The van der Waals surface area contributed by atoms with Crippen LogP contribution in [0.4, 0.5) is 23.7 Å². The number of halogens is 3. The van der Waals surface area contributed by atoms with Crippen LogP contribution in [0.1, 0.15) is 35.4 Å². The van der Waals surface area contributed by atoms with Crippen molar-refractivity contribution in [3.63, 3.8) is 0 Å². The Morgan fingerprint density at radius 1 is 1.40 bits per heavy atom. The molecule has 2 aliphatic rings. The number of rotatable bonds is 2. The van der Waals surface area contributed by atoms with Gasteiger partial charge in [-0.25, -0.2) is 9.18 Å². The number of carbonyl (C=O) groups excluding carboxylic acids is 1. The standard InChI is InChI=1S/C20H20F3N5O2/c21-16-2-1-14(7-13(16)9-24)25-19(30)27-5-4-17-15(10-27)18-20(22,23)8-12(11-29)3-6-28(18)26-17/h1-2,7,12,29H,3-6,8,10-11H2,(H,25,30)/t12-/m0/s1. The Morgan fingerprint density at radius 2 is 2.20 bits per heavy atom. The lowest BCUT2D eigenvalue weighted by Gasteiger charge is -2.28. The summed E-state index contributed by atoms with van der Waals surface area (Å²) in [5.41, 5.74) is 0.767.